The summed E-state index contributed by atoms with van der Waals surface area (Å²) in [7, 11) is 0. The van der Waals surface area contributed by atoms with E-state index in [1.165, 1.54) is 42.9 Å². The van der Waals surface area contributed by atoms with E-state index in [9.17, 15) is 0 Å². The van der Waals surface area contributed by atoms with Crippen molar-refractivity contribution in [3.8, 4) is 0 Å². The molecular formula is C11H18N2S. The number of rotatable bonds is 4. The van der Waals surface area contributed by atoms with Gasteiger partial charge in [-0.05, 0) is 32.2 Å². The first kappa shape index (κ1) is 10.1. The van der Waals surface area contributed by atoms with E-state index in [2.05, 4.69) is 22.6 Å². The Bertz CT molecular complexity index is 277. The van der Waals surface area contributed by atoms with Crippen LogP contribution in [0.2, 0.25) is 0 Å². The summed E-state index contributed by atoms with van der Waals surface area (Å²) in [5.41, 5.74) is 1.20. The zero-order chi connectivity index (χ0) is 9.80. The van der Waals surface area contributed by atoms with Gasteiger partial charge in [-0.2, -0.15) is 0 Å². The smallest absolute Gasteiger partial charge is 0.0897 e. The number of hydrogen-bond acceptors (Lipinski definition) is 3. The second kappa shape index (κ2) is 4.89. The molecule has 0 saturated heterocycles. The Morgan fingerprint density at radius 1 is 1.50 bits per heavy atom. The summed E-state index contributed by atoms with van der Waals surface area (Å²) in [4.78, 5) is 4.43. The van der Waals surface area contributed by atoms with Crippen molar-refractivity contribution in [2.24, 2.45) is 5.92 Å². The minimum Gasteiger partial charge on any atom is -0.311 e. The maximum Gasteiger partial charge on any atom is 0.0897 e. The molecule has 0 aliphatic heterocycles. The molecule has 0 aromatic carbocycles. The summed E-state index contributed by atoms with van der Waals surface area (Å²) < 4.78 is 0. The molecule has 1 aliphatic carbocycles. The van der Waals surface area contributed by atoms with Crippen LogP contribution in [0.3, 0.4) is 0 Å². The van der Waals surface area contributed by atoms with Crippen LogP contribution in [0.15, 0.2) is 5.38 Å². The molecule has 1 aromatic heterocycles. The van der Waals surface area contributed by atoms with Gasteiger partial charge in [0.2, 0.25) is 0 Å². The second-order valence-corrected chi connectivity index (χ2v) is 5.20. The fraction of sp³-hybridized carbons (Fsp3) is 0.727. The van der Waals surface area contributed by atoms with Crippen LogP contribution in [-0.2, 0) is 6.54 Å². The van der Waals surface area contributed by atoms with Gasteiger partial charge in [-0.3, -0.25) is 0 Å². The van der Waals surface area contributed by atoms with E-state index in [-0.39, 0.29) is 0 Å². The molecule has 0 unspecified atom stereocenters. The molecule has 1 N–H and O–H groups in total. The molecule has 2 rings (SSSR count). The summed E-state index contributed by atoms with van der Waals surface area (Å²) in [6.45, 7) is 4.18. The molecular weight excluding hydrogens is 192 g/mol. The van der Waals surface area contributed by atoms with Crippen molar-refractivity contribution in [2.45, 2.75) is 39.2 Å². The maximum atomic E-state index is 4.43. The maximum absolute atomic E-state index is 4.43. The first-order valence-electron chi connectivity index (χ1n) is 5.46. The molecule has 0 amide bonds. The molecule has 0 atom stereocenters. The molecule has 1 heterocycles. The van der Waals surface area contributed by atoms with E-state index >= 15 is 0 Å². The van der Waals surface area contributed by atoms with Crippen molar-refractivity contribution < 1.29 is 0 Å². The molecule has 78 valence electrons. The highest BCUT2D eigenvalue weighted by atomic mass is 32.1. The highest BCUT2D eigenvalue weighted by Crippen LogP contribution is 2.23. The topological polar surface area (TPSA) is 24.9 Å². The molecule has 0 spiro atoms. The summed E-state index contributed by atoms with van der Waals surface area (Å²) in [5, 5.41) is 6.82. The number of aryl methyl sites for hydroxylation is 1. The molecule has 0 bridgehead atoms. The van der Waals surface area contributed by atoms with Gasteiger partial charge in [0.25, 0.3) is 0 Å². The van der Waals surface area contributed by atoms with Crippen LogP contribution >= 0.6 is 11.3 Å². The number of aromatic nitrogens is 1. The van der Waals surface area contributed by atoms with Crippen LogP contribution in [0, 0.1) is 12.8 Å². The van der Waals surface area contributed by atoms with Crippen LogP contribution < -0.4 is 5.32 Å². The highest BCUT2D eigenvalue weighted by molar-refractivity contribution is 7.09. The average molecular weight is 210 g/mol. The van der Waals surface area contributed by atoms with Gasteiger partial charge in [-0.25, -0.2) is 4.98 Å². The Labute approximate surface area is 89.8 Å². The molecule has 2 nitrogen and oxygen atoms in total. The van der Waals surface area contributed by atoms with Gasteiger partial charge in [0.05, 0.1) is 10.7 Å². The standard InChI is InChI=1S/C11H18N2S/c1-9-13-11(8-14-9)7-12-6-10-4-2-3-5-10/h8,10,12H,2-7H2,1H3. The first-order valence-corrected chi connectivity index (χ1v) is 6.34. The number of thiazole rings is 1. The molecule has 1 aliphatic rings. The van der Waals surface area contributed by atoms with Crippen molar-refractivity contribution in [3.05, 3.63) is 16.1 Å². The lowest BCUT2D eigenvalue weighted by atomic mass is 10.1. The Morgan fingerprint density at radius 3 is 2.93 bits per heavy atom. The summed E-state index contributed by atoms with van der Waals surface area (Å²) in [6.07, 6.45) is 5.70. The predicted molar refractivity (Wildman–Crippen MR) is 60.5 cm³/mol. The largest absolute Gasteiger partial charge is 0.311 e. The van der Waals surface area contributed by atoms with Gasteiger partial charge in [0.1, 0.15) is 0 Å². The highest BCUT2D eigenvalue weighted by Gasteiger charge is 2.13. The van der Waals surface area contributed by atoms with E-state index in [1.807, 2.05) is 0 Å². The summed E-state index contributed by atoms with van der Waals surface area (Å²) in [5.74, 6) is 0.926. The lowest BCUT2D eigenvalue weighted by Gasteiger charge is -2.08. The molecule has 1 saturated carbocycles. The van der Waals surface area contributed by atoms with Gasteiger partial charge in [0, 0.05) is 11.9 Å². The van der Waals surface area contributed by atoms with Crippen LogP contribution in [0.5, 0.6) is 0 Å². The Kier molecular flexibility index (Phi) is 3.54. The van der Waals surface area contributed by atoms with Crippen molar-refractivity contribution in [1.82, 2.24) is 10.3 Å². The minimum atomic E-state index is 0.926. The number of nitrogens with zero attached hydrogens (tertiary/aromatic N) is 1. The fourth-order valence-electron chi connectivity index (χ4n) is 2.11. The molecule has 0 radical (unpaired) electrons. The lowest BCUT2D eigenvalue weighted by molar-refractivity contribution is 0.487. The van der Waals surface area contributed by atoms with Gasteiger partial charge < -0.3 is 5.32 Å². The third kappa shape index (κ3) is 2.79. The third-order valence-corrected chi connectivity index (χ3v) is 3.70. The SMILES string of the molecule is Cc1nc(CNCC2CCCC2)cs1. The van der Waals surface area contributed by atoms with Crippen LogP contribution in [0.4, 0.5) is 0 Å². The molecule has 1 aromatic rings. The Balaban J connectivity index is 1.67. The van der Waals surface area contributed by atoms with Gasteiger partial charge in [-0.15, -0.1) is 11.3 Å². The van der Waals surface area contributed by atoms with E-state index in [4.69, 9.17) is 0 Å². The van der Waals surface area contributed by atoms with Crippen molar-refractivity contribution in [2.75, 3.05) is 6.54 Å². The van der Waals surface area contributed by atoms with Crippen LogP contribution in [0.25, 0.3) is 0 Å². The lowest BCUT2D eigenvalue weighted by Crippen LogP contribution is -2.20. The van der Waals surface area contributed by atoms with Crippen molar-refractivity contribution >= 4 is 11.3 Å². The van der Waals surface area contributed by atoms with Crippen molar-refractivity contribution in [3.63, 3.8) is 0 Å². The monoisotopic (exact) mass is 210 g/mol. The van der Waals surface area contributed by atoms with Crippen molar-refractivity contribution in [1.29, 1.82) is 0 Å². The summed E-state index contributed by atoms with van der Waals surface area (Å²) >= 11 is 1.74. The second-order valence-electron chi connectivity index (χ2n) is 4.14. The average Bonchev–Trinajstić information content (AvgIpc) is 2.77. The normalized spacial score (nSPS) is 17.8. The third-order valence-electron chi connectivity index (χ3n) is 2.88. The van der Waals surface area contributed by atoms with Crippen LogP contribution in [0.1, 0.15) is 36.4 Å². The Hall–Kier alpha value is -0.410. The van der Waals surface area contributed by atoms with E-state index in [0.717, 1.165) is 12.5 Å². The van der Waals surface area contributed by atoms with E-state index < -0.39 is 0 Å². The quantitative estimate of drug-likeness (QED) is 0.826. The molecule has 14 heavy (non-hydrogen) atoms. The van der Waals surface area contributed by atoms with E-state index in [1.54, 1.807) is 11.3 Å². The fourth-order valence-corrected chi connectivity index (χ4v) is 2.72. The number of nitrogens with one attached hydrogen (secondary N) is 1. The van der Waals surface area contributed by atoms with Gasteiger partial charge in [0.15, 0.2) is 0 Å². The number of hydrogen-bond donors (Lipinski definition) is 1. The van der Waals surface area contributed by atoms with E-state index in [0.29, 0.717) is 0 Å². The molecule has 3 heteroatoms. The predicted octanol–water partition coefficient (Wildman–Crippen LogP) is 2.73. The van der Waals surface area contributed by atoms with Gasteiger partial charge in [-0.1, -0.05) is 12.8 Å². The zero-order valence-electron chi connectivity index (χ0n) is 8.75. The molecule has 1 fully saturated rings. The Morgan fingerprint density at radius 2 is 2.29 bits per heavy atom. The minimum absolute atomic E-state index is 0.926. The van der Waals surface area contributed by atoms with Gasteiger partial charge >= 0.3 is 0 Å². The van der Waals surface area contributed by atoms with Crippen LogP contribution in [-0.4, -0.2) is 11.5 Å². The first-order chi connectivity index (χ1) is 6.84. The summed E-state index contributed by atoms with van der Waals surface area (Å²) in [6, 6.07) is 0. The zero-order valence-corrected chi connectivity index (χ0v) is 9.57.